The average molecular weight is 320 g/mol. The summed E-state index contributed by atoms with van der Waals surface area (Å²) in [7, 11) is 3.32. The van der Waals surface area contributed by atoms with Crippen molar-refractivity contribution in [3.63, 3.8) is 0 Å². The van der Waals surface area contributed by atoms with E-state index in [0.717, 1.165) is 37.4 Å². The molecule has 4 heterocycles. The molecule has 1 aromatic heterocycles. The van der Waals surface area contributed by atoms with Gasteiger partial charge in [0.05, 0.1) is 24.8 Å². The Morgan fingerprint density at radius 2 is 2.09 bits per heavy atom. The summed E-state index contributed by atoms with van der Waals surface area (Å²) in [5, 5.41) is 0. The van der Waals surface area contributed by atoms with Crippen LogP contribution < -0.4 is 4.90 Å². The highest BCUT2D eigenvalue weighted by atomic mass is 16.5. The molecule has 0 N–H and O–H groups in total. The van der Waals surface area contributed by atoms with Crippen LogP contribution in [0.5, 0.6) is 0 Å². The number of nitrogens with zero attached hydrogens (tertiary/aromatic N) is 4. The second kappa shape index (κ2) is 7.23. The fraction of sp³-hybridized carbons (Fsp3) is 0.688. The van der Waals surface area contributed by atoms with Crippen LogP contribution in [0.15, 0.2) is 12.4 Å². The Labute approximate surface area is 136 Å². The van der Waals surface area contributed by atoms with E-state index in [1.165, 1.54) is 0 Å². The number of anilines is 1. The van der Waals surface area contributed by atoms with Gasteiger partial charge in [0.25, 0.3) is 0 Å². The lowest BCUT2D eigenvalue weighted by atomic mass is 9.94. The molecule has 4 rings (SSSR count). The molecular weight excluding hydrogens is 296 g/mol. The van der Waals surface area contributed by atoms with E-state index in [4.69, 9.17) is 9.47 Å². The molecule has 1 aromatic rings. The average Bonchev–Trinajstić information content (AvgIpc) is 2.85. The van der Waals surface area contributed by atoms with Crippen molar-refractivity contribution in [1.82, 2.24) is 14.9 Å². The van der Waals surface area contributed by atoms with Gasteiger partial charge in [-0.1, -0.05) is 0 Å². The maximum absolute atomic E-state index is 12.7. The first-order valence-electron chi connectivity index (χ1n) is 8.07. The third-order valence-electron chi connectivity index (χ3n) is 4.66. The summed E-state index contributed by atoms with van der Waals surface area (Å²) < 4.78 is 10.3. The van der Waals surface area contributed by atoms with E-state index in [0.29, 0.717) is 19.8 Å². The van der Waals surface area contributed by atoms with Gasteiger partial charge in [-0.15, -0.1) is 0 Å². The van der Waals surface area contributed by atoms with Gasteiger partial charge in [0, 0.05) is 46.0 Å². The van der Waals surface area contributed by atoms with E-state index in [2.05, 4.69) is 14.9 Å². The van der Waals surface area contributed by atoms with E-state index in [1.807, 2.05) is 11.0 Å². The van der Waals surface area contributed by atoms with Gasteiger partial charge < -0.3 is 19.3 Å². The van der Waals surface area contributed by atoms with Gasteiger partial charge in [0.15, 0.2) is 0 Å². The lowest BCUT2D eigenvalue weighted by molar-refractivity contribution is -0.140. The number of carbonyl (C=O) groups excluding carboxylic acids is 1. The lowest BCUT2D eigenvalue weighted by Crippen LogP contribution is -2.49. The molecule has 2 bridgehead atoms. The molecule has 0 aliphatic carbocycles. The van der Waals surface area contributed by atoms with Crippen LogP contribution in [0.1, 0.15) is 18.5 Å². The van der Waals surface area contributed by atoms with Gasteiger partial charge in [0.1, 0.15) is 12.1 Å². The van der Waals surface area contributed by atoms with E-state index in [-0.39, 0.29) is 17.9 Å². The van der Waals surface area contributed by atoms with Crippen LogP contribution in [0, 0.1) is 5.92 Å². The Hall–Kier alpha value is -1.73. The van der Waals surface area contributed by atoms with Gasteiger partial charge in [-0.25, -0.2) is 9.97 Å². The van der Waals surface area contributed by atoms with Crippen molar-refractivity contribution in [3.8, 4) is 0 Å². The third kappa shape index (κ3) is 3.45. The molecule has 3 aliphatic rings. The Morgan fingerprint density at radius 1 is 1.22 bits per heavy atom. The zero-order valence-corrected chi connectivity index (χ0v) is 13.8. The maximum atomic E-state index is 12.7. The van der Waals surface area contributed by atoms with Gasteiger partial charge in [-0.3, -0.25) is 4.79 Å². The van der Waals surface area contributed by atoms with Crippen molar-refractivity contribution in [1.29, 1.82) is 0 Å². The number of amides is 1. The second-order valence-corrected chi connectivity index (χ2v) is 6.16. The van der Waals surface area contributed by atoms with Crippen LogP contribution in [-0.2, 0) is 20.9 Å². The Balaban J connectivity index is 1.78. The molecule has 7 heteroatoms. The second-order valence-electron chi connectivity index (χ2n) is 6.16. The molecule has 0 spiro atoms. The van der Waals surface area contributed by atoms with E-state index >= 15 is 0 Å². The predicted molar refractivity (Wildman–Crippen MR) is 85.1 cm³/mol. The van der Waals surface area contributed by atoms with Crippen LogP contribution in [-0.4, -0.2) is 67.3 Å². The molecule has 0 unspecified atom stereocenters. The highest BCUT2D eigenvalue weighted by Gasteiger charge is 2.40. The first kappa shape index (κ1) is 16.1. The maximum Gasteiger partial charge on any atom is 0.227 e. The highest BCUT2D eigenvalue weighted by molar-refractivity contribution is 5.81. The van der Waals surface area contributed by atoms with Gasteiger partial charge in [-0.05, 0) is 12.8 Å². The molecule has 2 atom stereocenters. The van der Waals surface area contributed by atoms with Crippen molar-refractivity contribution in [3.05, 3.63) is 18.1 Å². The normalized spacial score (nSPS) is 24.2. The number of hydrogen-bond donors (Lipinski definition) is 0. The van der Waals surface area contributed by atoms with Crippen LogP contribution >= 0.6 is 0 Å². The minimum Gasteiger partial charge on any atom is -0.383 e. The molecule has 0 aromatic carbocycles. The number of hydrogen-bond acceptors (Lipinski definition) is 6. The fourth-order valence-electron chi connectivity index (χ4n) is 3.50. The summed E-state index contributed by atoms with van der Waals surface area (Å²) in [5.41, 5.74) is 0.858. The Kier molecular flexibility index (Phi) is 5.07. The van der Waals surface area contributed by atoms with Gasteiger partial charge in [-0.2, -0.15) is 0 Å². The summed E-state index contributed by atoms with van der Waals surface area (Å²) in [5.74, 6) is 1.18. The summed E-state index contributed by atoms with van der Waals surface area (Å²) in [6, 6.07) is 2.19. The smallest absolute Gasteiger partial charge is 0.227 e. The quantitative estimate of drug-likeness (QED) is 0.768. The highest BCUT2D eigenvalue weighted by Crippen LogP contribution is 2.31. The van der Waals surface area contributed by atoms with Crippen molar-refractivity contribution >= 4 is 11.7 Å². The van der Waals surface area contributed by atoms with Gasteiger partial charge in [0.2, 0.25) is 5.91 Å². The number of methoxy groups -OCH3 is 2. The minimum absolute atomic E-state index is 0.0476. The molecule has 3 saturated heterocycles. The fourth-order valence-corrected chi connectivity index (χ4v) is 3.50. The Bertz CT molecular complexity index is 554. The predicted octanol–water partition coefficient (Wildman–Crippen LogP) is 0.697. The van der Waals surface area contributed by atoms with E-state index < -0.39 is 0 Å². The number of fused-ring (bicyclic) bond motifs is 4. The third-order valence-corrected chi connectivity index (χ3v) is 4.66. The van der Waals surface area contributed by atoms with Gasteiger partial charge >= 0.3 is 0 Å². The van der Waals surface area contributed by atoms with Crippen molar-refractivity contribution in [2.75, 3.05) is 45.4 Å². The van der Waals surface area contributed by atoms with E-state index in [9.17, 15) is 4.79 Å². The summed E-state index contributed by atoms with van der Waals surface area (Å²) >= 11 is 0. The molecule has 0 radical (unpaired) electrons. The molecule has 23 heavy (non-hydrogen) atoms. The molecule has 0 saturated carbocycles. The van der Waals surface area contributed by atoms with Crippen molar-refractivity contribution < 1.29 is 14.3 Å². The van der Waals surface area contributed by atoms with Crippen LogP contribution in [0.3, 0.4) is 0 Å². The number of aromatic nitrogens is 2. The van der Waals surface area contributed by atoms with Crippen LogP contribution in [0.25, 0.3) is 0 Å². The number of piperidine rings is 1. The van der Waals surface area contributed by atoms with E-state index in [1.54, 1.807) is 20.5 Å². The number of rotatable bonds is 6. The topological polar surface area (TPSA) is 67.8 Å². The molecule has 126 valence electrons. The zero-order chi connectivity index (χ0) is 16.2. The molecule has 3 aliphatic heterocycles. The molecule has 1 amide bonds. The monoisotopic (exact) mass is 320 g/mol. The SMILES string of the molecule is COCCN1C(=O)[C@H]2CC[C@@H]1CN(c1cc(COC)ncn1)C2. The summed E-state index contributed by atoms with van der Waals surface area (Å²) in [6.45, 7) is 3.26. The lowest BCUT2D eigenvalue weighted by Gasteiger charge is -2.35. The molecule has 7 nitrogen and oxygen atoms in total. The van der Waals surface area contributed by atoms with Crippen molar-refractivity contribution in [2.45, 2.75) is 25.5 Å². The van der Waals surface area contributed by atoms with Crippen LogP contribution in [0.4, 0.5) is 5.82 Å². The zero-order valence-electron chi connectivity index (χ0n) is 13.8. The standard InChI is InChI=1S/C16H24N4O3/c1-22-6-5-20-14-4-3-12(16(20)21)8-19(9-14)15-7-13(10-23-2)17-11-18-15/h7,11-12,14H,3-6,8-10H2,1-2H3/t12-,14+/m0/s1. The number of carbonyl (C=O) groups is 1. The Morgan fingerprint density at radius 3 is 2.87 bits per heavy atom. The summed E-state index contributed by atoms with van der Waals surface area (Å²) in [6.07, 6.45) is 3.58. The summed E-state index contributed by atoms with van der Waals surface area (Å²) in [4.78, 5) is 25.5. The minimum atomic E-state index is 0.0476. The molecule has 3 fully saturated rings. The molecular formula is C16H24N4O3. The largest absolute Gasteiger partial charge is 0.383 e. The number of ether oxygens (including phenoxy) is 2. The first-order chi connectivity index (χ1) is 11.2. The van der Waals surface area contributed by atoms with Crippen LogP contribution in [0.2, 0.25) is 0 Å². The van der Waals surface area contributed by atoms with Crippen molar-refractivity contribution in [2.24, 2.45) is 5.92 Å². The first-order valence-corrected chi connectivity index (χ1v) is 8.07.